The number of methoxy groups -OCH3 is 1. The largest absolute Gasteiger partial charge is 0.496 e. The van der Waals surface area contributed by atoms with E-state index in [-0.39, 0.29) is 23.8 Å². The summed E-state index contributed by atoms with van der Waals surface area (Å²) in [5.74, 6) is 0.341. The predicted molar refractivity (Wildman–Crippen MR) is 103 cm³/mol. The predicted octanol–water partition coefficient (Wildman–Crippen LogP) is 3.08. The molecule has 1 fully saturated rings. The molecule has 7 heteroatoms. The van der Waals surface area contributed by atoms with Crippen molar-refractivity contribution in [3.05, 3.63) is 47.9 Å². The summed E-state index contributed by atoms with van der Waals surface area (Å²) in [5, 5.41) is 6.77. The Morgan fingerprint density at radius 2 is 2.18 bits per heavy atom. The Kier molecular flexibility index (Phi) is 6.68. The van der Waals surface area contributed by atoms with Crippen LogP contribution < -0.4 is 10.1 Å². The average molecular weight is 385 g/mol. The number of ether oxygens (including phenoxy) is 1. The van der Waals surface area contributed by atoms with Crippen LogP contribution in [0.15, 0.2) is 41.1 Å². The highest BCUT2D eigenvalue weighted by molar-refractivity contribution is 5.85. The van der Waals surface area contributed by atoms with Crippen LogP contribution in [0.2, 0.25) is 0 Å². The van der Waals surface area contributed by atoms with E-state index >= 15 is 0 Å². The van der Waals surface area contributed by atoms with Crippen LogP contribution in [0.1, 0.15) is 49.9 Å². The van der Waals surface area contributed by atoms with Gasteiger partial charge in [-0.25, -0.2) is 0 Å². The highest BCUT2D eigenvalue weighted by atomic mass is 16.5. The number of aromatic nitrogens is 1. The second-order valence-corrected chi connectivity index (χ2v) is 6.98. The molecule has 1 aliphatic rings. The third kappa shape index (κ3) is 4.35. The summed E-state index contributed by atoms with van der Waals surface area (Å²) >= 11 is 0. The van der Waals surface area contributed by atoms with Gasteiger partial charge in [-0.3, -0.25) is 9.59 Å². The van der Waals surface area contributed by atoms with Crippen molar-refractivity contribution in [2.24, 2.45) is 5.92 Å². The maximum absolute atomic E-state index is 13.1. The molecule has 0 spiro atoms. The Bertz CT molecular complexity index is 791. The van der Waals surface area contributed by atoms with Gasteiger partial charge in [-0.1, -0.05) is 36.7 Å². The van der Waals surface area contributed by atoms with Crippen molar-refractivity contribution in [3.63, 3.8) is 0 Å². The molecule has 1 aliphatic heterocycles. The Balaban J connectivity index is 1.89. The summed E-state index contributed by atoms with van der Waals surface area (Å²) in [7, 11) is 1.61. The molecule has 0 aliphatic carbocycles. The number of carbonyl (C=O) groups excluding carboxylic acids is 2. The third-order valence-electron chi connectivity index (χ3n) is 5.19. The first-order chi connectivity index (χ1) is 13.7. The lowest BCUT2D eigenvalue weighted by Crippen LogP contribution is -2.48. The Morgan fingerprint density at radius 3 is 2.89 bits per heavy atom. The maximum atomic E-state index is 13.1. The van der Waals surface area contributed by atoms with Crippen LogP contribution in [-0.4, -0.2) is 35.5 Å². The van der Waals surface area contributed by atoms with E-state index in [1.165, 1.54) is 6.26 Å². The number of piperidine rings is 1. The first-order valence-corrected chi connectivity index (χ1v) is 9.75. The fraction of sp³-hybridized carbons (Fsp3) is 0.476. The van der Waals surface area contributed by atoms with Gasteiger partial charge in [0.05, 0.1) is 25.6 Å². The minimum Gasteiger partial charge on any atom is -0.496 e. The number of nitrogens with zero attached hydrogens (tertiary/aromatic N) is 2. The molecule has 150 valence electrons. The summed E-state index contributed by atoms with van der Waals surface area (Å²) in [4.78, 5) is 27.6. The molecule has 0 unspecified atom stereocenters. The third-order valence-corrected chi connectivity index (χ3v) is 5.19. The van der Waals surface area contributed by atoms with E-state index in [1.807, 2.05) is 29.2 Å². The zero-order chi connectivity index (χ0) is 19.9. The molecule has 2 heterocycles. The van der Waals surface area contributed by atoms with Crippen LogP contribution in [0.5, 0.6) is 5.75 Å². The molecule has 1 aromatic heterocycles. The second-order valence-electron chi connectivity index (χ2n) is 6.98. The summed E-state index contributed by atoms with van der Waals surface area (Å²) in [5.41, 5.74) is 1.53. The SMILES string of the molecule is CCCCN1C(=O)CC[C@H](C(=O)NCc2ccon2)[C@H]1c1ccccc1OC. The lowest BCUT2D eigenvalue weighted by Gasteiger charge is -2.41. The average Bonchev–Trinajstić information content (AvgIpc) is 3.24. The monoisotopic (exact) mass is 385 g/mol. The van der Waals surface area contributed by atoms with Crippen LogP contribution in [0.25, 0.3) is 0 Å². The van der Waals surface area contributed by atoms with Crippen molar-refractivity contribution in [3.8, 4) is 5.75 Å². The van der Waals surface area contributed by atoms with Gasteiger partial charge in [0.2, 0.25) is 11.8 Å². The molecule has 1 aromatic carbocycles. The number of unbranched alkanes of at least 4 members (excludes halogenated alkanes) is 1. The van der Waals surface area contributed by atoms with Gasteiger partial charge < -0.3 is 19.5 Å². The van der Waals surface area contributed by atoms with Crippen LogP contribution in [0, 0.1) is 5.92 Å². The number of benzene rings is 1. The Labute approximate surface area is 165 Å². The molecular weight excluding hydrogens is 358 g/mol. The molecular formula is C21H27N3O4. The quantitative estimate of drug-likeness (QED) is 0.755. The first kappa shape index (κ1) is 19.9. The zero-order valence-corrected chi connectivity index (χ0v) is 16.4. The fourth-order valence-corrected chi connectivity index (χ4v) is 3.75. The van der Waals surface area contributed by atoms with Gasteiger partial charge in [-0.15, -0.1) is 0 Å². The smallest absolute Gasteiger partial charge is 0.225 e. The summed E-state index contributed by atoms with van der Waals surface area (Å²) in [6.07, 6.45) is 4.23. The number of rotatable bonds is 8. The van der Waals surface area contributed by atoms with Crippen LogP contribution in [0.4, 0.5) is 0 Å². The van der Waals surface area contributed by atoms with Gasteiger partial charge in [0.15, 0.2) is 0 Å². The second kappa shape index (κ2) is 9.39. The Hall–Kier alpha value is -2.83. The highest BCUT2D eigenvalue weighted by Gasteiger charge is 2.41. The summed E-state index contributed by atoms with van der Waals surface area (Å²) in [6.45, 7) is 3.02. The highest BCUT2D eigenvalue weighted by Crippen LogP contribution is 2.40. The van der Waals surface area contributed by atoms with E-state index in [4.69, 9.17) is 9.26 Å². The van der Waals surface area contributed by atoms with Crippen LogP contribution >= 0.6 is 0 Å². The number of para-hydroxylation sites is 1. The molecule has 3 rings (SSSR count). The van der Waals surface area contributed by atoms with E-state index in [2.05, 4.69) is 17.4 Å². The van der Waals surface area contributed by atoms with Gasteiger partial charge in [0.1, 0.15) is 17.7 Å². The van der Waals surface area contributed by atoms with Gasteiger partial charge in [0, 0.05) is 24.6 Å². The lowest BCUT2D eigenvalue weighted by molar-refractivity contribution is -0.143. The molecule has 0 radical (unpaired) electrons. The first-order valence-electron chi connectivity index (χ1n) is 9.75. The van der Waals surface area contributed by atoms with E-state index in [1.54, 1.807) is 13.2 Å². The van der Waals surface area contributed by atoms with Crippen molar-refractivity contribution in [2.75, 3.05) is 13.7 Å². The fourth-order valence-electron chi connectivity index (χ4n) is 3.75. The number of likely N-dealkylation sites (tertiary alicyclic amines) is 1. The number of nitrogens with one attached hydrogen (secondary N) is 1. The molecule has 2 atom stereocenters. The molecule has 0 saturated carbocycles. The topological polar surface area (TPSA) is 84.7 Å². The van der Waals surface area contributed by atoms with E-state index in [9.17, 15) is 9.59 Å². The van der Waals surface area contributed by atoms with Crippen LogP contribution in [-0.2, 0) is 16.1 Å². The minimum atomic E-state index is -0.349. The normalized spacial score (nSPS) is 19.5. The standard InChI is InChI=1S/C21H27N3O4/c1-3-4-12-24-19(25)10-9-17(21(26)22-14-15-11-13-28-23-15)20(24)16-7-5-6-8-18(16)27-2/h5-8,11,13,17,20H,3-4,9-10,12,14H2,1-2H3,(H,22,26)/t17-,20+/m0/s1. The molecule has 28 heavy (non-hydrogen) atoms. The lowest BCUT2D eigenvalue weighted by atomic mass is 9.83. The number of hydrogen-bond acceptors (Lipinski definition) is 5. The van der Waals surface area contributed by atoms with Gasteiger partial charge in [0.25, 0.3) is 0 Å². The van der Waals surface area contributed by atoms with E-state index in [0.29, 0.717) is 37.4 Å². The summed E-state index contributed by atoms with van der Waals surface area (Å²) < 4.78 is 10.4. The molecule has 1 saturated heterocycles. The number of hydrogen-bond donors (Lipinski definition) is 1. The molecule has 2 aromatic rings. The molecule has 7 nitrogen and oxygen atoms in total. The molecule has 1 N–H and O–H groups in total. The van der Waals surface area contributed by atoms with Crippen molar-refractivity contribution < 1.29 is 18.8 Å². The zero-order valence-electron chi connectivity index (χ0n) is 16.4. The molecule has 0 bridgehead atoms. The van der Waals surface area contributed by atoms with Crippen molar-refractivity contribution >= 4 is 11.8 Å². The number of carbonyl (C=O) groups is 2. The minimum absolute atomic E-state index is 0.0879. The van der Waals surface area contributed by atoms with Gasteiger partial charge >= 0.3 is 0 Å². The maximum Gasteiger partial charge on any atom is 0.225 e. The molecule has 2 amide bonds. The Morgan fingerprint density at radius 1 is 1.36 bits per heavy atom. The van der Waals surface area contributed by atoms with E-state index in [0.717, 1.165) is 18.4 Å². The van der Waals surface area contributed by atoms with Crippen molar-refractivity contribution in [1.29, 1.82) is 0 Å². The van der Waals surface area contributed by atoms with Crippen molar-refractivity contribution in [1.82, 2.24) is 15.4 Å². The van der Waals surface area contributed by atoms with Gasteiger partial charge in [-0.05, 0) is 18.9 Å². The summed E-state index contributed by atoms with van der Waals surface area (Å²) in [6, 6.07) is 9.00. The van der Waals surface area contributed by atoms with Gasteiger partial charge in [-0.2, -0.15) is 0 Å². The number of amides is 2. The van der Waals surface area contributed by atoms with Crippen LogP contribution in [0.3, 0.4) is 0 Å². The van der Waals surface area contributed by atoms with Crippen molar-refractivity contribution in [2.45, 2.75) is 45.2 Å². The van der Waals surface area contributed by atoms with E-state index < -0.39 is 0 Å².